The maximum Gasteiger partial charge on any atom is 0.235 e. The first-order chi connectivity index (χ1) is 13.9. The molecule has 29 heavy (non-hydrogen) atoms. The molecule has 2 aromatic rings. The van der Waals surface area contributed by atoms with Crippen molar-refractivity contribution in [3.8, 4) is 22.8 Å². The van der Waals surface area contributed by atoms with Gasteiger partial charge in [-0.1, -0.05) is 5.16 Å². The molecule has 154 valence electrons. The van der Waals surface area contributed by atoms with Crippen LogP contribution in [0.15, 0.2) is 28.8 Å². The van der Waals surface area contributed by atoms with Crippen molar-refractivity contribution in [2.75, 3.05) is 39.2 Å². The third-order valence-electron chi connectivity index (χ3n) is 5.81. The normalized spacial score (nSPS) is 20.7. The number of ether oxygens (including phenoxy) is 2. The fourth-order valence-corrected chi connectivity index (χ4v) is 4.74. The molecule has 2 aliphatic heterocycles. The van der Waals surface area contributed by atoms with Crippen LogP contribution in [-0.2, 0) is 20.2 Å². The molecule has 0 spiro atoms. The molecular formula is C19H21N3O6S. The average molecular weight is 419 g/mol. The Morgan fingerprint density at radius 3 is 2.48 bits per heavy atom. The van der Waals surface area contributed by atoms with E-state index in [-0.39, 0.29) is 12.7 Å². The van der Waals surface area contributed by atoms with Gasteiger partial charge in [-0.05, 0) is 31.0 Å². The van der Waals surface area contributed by atoms with E-state index in [1.165, 1.54) is 10.6 Å². The second-order valence-corrected chi connectivity index (χ2v) is 9.66. The molecule has 3 aliphatic rings. The number of carbonyl (C=O) groups is 1. The van der Waals surface area contributed by atoms with Crippen molar-refractivity contribution in [1.29, 1.82) is 0 Å². The number of amides is 1. The molecule has 0 radical (unpaired) electrons. The van der Waals surface area contributed by atoms with Crippen LogP contribution >= 0.6 is 0 Å². The van der Waals surface area contributed by atoms with Crippen molar-refractivity contribution in [2.45, 2.75) is 18.3 Å². The van der Waals surface area contributed by atoms with Crippen LogP contribution in [0.25, 0.3) is 11.3 Å². The molecule has 0 N–H and O–H groups in total. The predicted molar refractivity (Wildman–Crippen MR) is 102 cm³/mol. The number of fused-ring (bicyclic) bond motifs is 1. The monoisotopic (exact) mass is 419 g/mol. The van der Waals surface area contributed by atoms with Crippen molar-refractivity contribution < 1.29 is 27.2 Å². The minimum Gasteiger partial charge on any atom is -0.454 e. The molecule has 1 aliphatic carbocycles. The quantitative estimate of drug-likeness (QED) is 0.734. The molecular weight excluding hydrogens is 398 g/mol. The highest BCUT2D eigenvalue weighted by Crippen LogP contribution is 2.50. The Morgan fingerprint density at radius 2 is 1.79 bits per heavy atom. The number of piperazine rings is 1. The first-order valence-electron chi connectivity index (χ1n) is 9.49. The van der Waals surface area contributed by atoms with E-state index in [2.05, 4.69) is 5.16 Å². The van der Waals surface area contributed by atoms with E-state index in [4.69, 9.17) is 14.0 Å². The number of sulfonamides is 1. The highest BCUT2D eigenvalue weighted by molar-refractivity contribution is 7.88. The molecule has 0 bridgehead atoms. The van der Waals surface area contributed by atoms with Gasteiger partial charge in [-0.2, -0.15) is 4.31 Å². The Bertz CT molecular complexity index is 1070. The van der Waals surface area contributed by atoms with Gasteiger partial charge < -0.3 is 18.9 Å². The first-order valence-corrected chi connectivity index (χ1v) is 11.3. The maximum atomic E-state index is 13.2. The highest BCUT2D eigenvalue weighted by atomic mass is 32.2. The Balaban J connectivity index is 1.33. The van der Waals surface area contributed by atoms with E-state index in [1.54, 1.807) is 4.90 Å². The maximum absolute atomic E-state index is 13.2. The van der Waals surface area contributed by atoms with Gasteiger partial charge in [-0.3, -0.25) is 4.79 Å². The summed E-state index contributed by atoms with van der Waals surface area (Å²) in [5.74, 6) is 1.91. The molecule has 1 aromatic carbocycles. The summed E-state index contributed by atoms with van der Waals surface area (Å²) < 4.78 is 41.0. The van der Waals surface area contributed by atoms with Crippen LogP contribution in [0, 0.1) is 0 Å². The molecule has 0 atom stereocenters. The molecule has 2 fully saturated rings. The first kappa shape index (κ1) is 18.4. The van der Waals surface area contributed by atoms with Crippen LogP contribution in [0.5, 0.6) is 11.5 Å². The van der Waals surface area contributed by atoms with Gasteiger partial charge in [-0.15, -0.1) is 0 Å². The molecule has 5 rings (SSSR count). The third kappa shape index (κ3) is 3.16. The van der Waals surface area contributed by atoms with Gasteiger partial charge in [0, 0.05) is 37.8 Å². The van der Waals surface area contributed by atoms with E-state index in [1.807, 2.05) is 24.3 Å². The zero-order valence-corrected chi connectivity index (χ0v) is 16.8. The fraction of sp³-hybridized carbons (Fsp3) is 0.474. The Hall–Kier alpha value is -2.59. The van der Waals surface area contributed by atoms with Crippen LogP contribution in [0.1, 0.15) is 18.5 Å². The van der Waals surface area contributed by atoms with Crippen LogP contribution < -0.4 is 9.47 Å². The minimum absolute atomic E-state index is 0.00353. The Morgan fingerprint density at radius 1 is 1.07 bits per heavy atom. The predicted octanol–water partition coefficient (Wildman–Crippen LogP) is 1.21. The van der Waals surface area contributed by atoms with E-state index in [0.29, 0.717) is 62.0 Å². The summed E-state index contributed by atoms with van der Waals surface area (Å²) in [6.45, 7) is 1.62. The smallest absolute Gasteiger partial charge is 0.235 e. The van der Waals surface area contributed by atoms with Gasteiger partial charge in [0.25, 0.3) is 0 Å². The second kappa shape index (κ2) is 6.46. The largest absolute Gasteiger partial charge is 0.454 e. The van der Waals surface area contributed by atoms with Crippen LogP contribution in [-0.4, -0.2) is 67.9 Å². The minimum atomic E-state index is -3.23. The average Bonchev–Trinajstić information content (AvgIpc) is 3.14. The van der Waals surface area contributed by atoms with Gasteiger partial charge >= 0.3 is 0 Å². The summed E-state index contributed by atoms with van der Waals surface area (Å²) >= 11 is 0. The zero-order valence-electron chi connectivity index (χ0n) is 16.0. The molecule has 1 saturated carbocycles. The zero-order chi connectivity index (χ0) is 20.2. The number of hydrogen-bond donors (Lipinski definition) is 0. The van der Waals surface area contributed by atoms with Crippen LogP contribution in [0.2, 0.25) is 0 Å². The summed E-state index contributed by atoms with van der Waals surface area (Å²) in [7, 11) is -3.23. The van der Waals surface area contributed by atoms with Crippen LogP contribution in [0.4, 0.5) is 0 Å². The van der Waals surface area contributed by atoms with Crippen molar-refractivity contribution >= 4 is 15.9 Å². The number of aromatic nitrogens is 1. The molecule has 9 nitrogen and oxygen atoms in total. The van der Waals surface area contributed by atoms with Crippen molar-refractivity contribution in [3.05, 3.63) is 30.0 Å². The Labute approximate surface area is 168 Å². The molecule has 1 aromatic heterocycles. The lowest BCUT2D eigenvalue weighted by molar-refractivity contribution is -0.135. The standard InChI is InChI=1S/C19H21N3O6S/c1-29(24,25)22-8-6-21(7-9-22)18(23)19(4-5-19)17-11-15(28-20-17)13-2-3-14-16(10-13)27-12-26-14/h2-3,10-11H,4-9,12H2,1H3. The summed E-state index contributed by atoms with van der Waals surface area (Å²) in [6, 6.07) is 7.33. The van der Waals surface area contributed by atoms with E-state index in [9.17, 15) is 13.2 Å². The lowest BCUT2D eigenvalue weighted by Gasteiger charge is -2.35. The Kier molecular flexibility index (Phi) is 4.11. The third-order valence-corrected chi connectivity index (χ3v) is 7.11. The molecule has 1 amide bonds. The van der Waals surface area contributed by atoms with E-state index >= 15 is 0 Å². The summed E-state index contributed by atoms with van der Waals surface area (Å²) in [5.41, 5.74) is 0.768. The van der Waals surface area contributed by atoms with E-state index in [0.717, 1.165) is 5.56 Å². The molecule has 1 saturated heterocycles. The van der Waals surface area contributed by atoms with Gasteiger partial charge in [0.1, 0.15) is 0 Å². The second-order valence-electron chi connectivity index (χ2n) is 7.68. The molecule has 0 unspecified atom stereocenters. The van der Waals surface area contributed by atoms with Crippen LogP contribution in [0.3, 0.4) is 0 Å². The van der Waals surface area contributed by atoms with Crippen molar-refractivity contribution in [3.63, 3.8) is 0 Å². The van der Waals surface area contributed by atoms with Gasteiger partial charge in [0.05, 0.1) is 17.4 Å². The lowest BCUT2D eigenvalue weighted by atomic mass is 9.99. The van der Waals surface area contributed by atoms with E-state index < -0.39 is 15.4 Å². The number of nitrogens with zero attached hydrogens (tertiary/aromatic N) is 3. The van der Waals surface area contributed by atoms with Crippen molar-refractivity contribution in [1.82, 2.24) is 14.4 Å². The van der Waals surface area contributed by atoms with Gasteiger partial charge in [-0.25, -0.2) is 8.42 Å². The highest BCUT2D eigenvalue weighted by Gasteiger charge is 2.55. The fourth-order valence-electron chi connectivity index (χ4n) is 3.92. The molecule has 3 heterocycles. The number of hydrogen-bond acceptors (Lipinski definition) is 7. The van der Waals surface area contributed by atoms with Crippen molar-refractivity contribution in [2.24, 2.45) is 0 Å². The number of benzene rings is 1. The summed E-state index contributed by atoms with van der Waals surface area (Å²) in [5, 5.41) is 4.19. The topological polar surface area (TPSA) is 102 Å². The lowest BCUT2D eigenvalue weighted by Crippen LogP contribution is -2.52. The summed E-state index contributed by atoms with van der Waals surface area (Å²) in [6.07, 6.45) is 2.62. The van der Waals surface area contributed by atoms with Gasteiger partial charge in [0.2, 0.25) is 22.7 Å². The SMILES string of the molecule is CS(=O)(=O)N1CCN(C(=O)C2(c3cc(-c4ccc5c(c4)OCO5)on3)CC2)CC1. The number of carbonyl (C=O) groups excluding carboxylic acids is 1. The number of rotatable bonds is 4. The molecule has 10 heteroatoms. The summed E-state index contributed by atoms with van der Waals surface area (Å²) in [4.78, 5) is 14.9. The van der Waals surface area contributed by atoms with Gasteiger partial charge in [0.15, 0.2) is 17.3 Å².